The van der Waals surface area contributed by atoms with E-state index < -0.39 is 0 Å². The molecule has 3 N–H and O–H groups in total. The van der Waals surface area contributed by atoms with Crippen LogP contribution in [0.3, 0.4) is 0 Å². The van der Waals surface area contributed by atoms with Gasteiger partial charge in [-0.1, -0.05) is 34.1 Å². The number of fused-ring (bicyclic) bond motifs is 1. The van der Waals surface area contributed by atoms with E-state index in [4.69, 9.17) is 10.6 Å². The zero-order valence-corrected chi connectivity index (χ0v) is 13.0. The molecule has 0 bridgehead atoms. The lowest BCUT2D eigenvalue weighted by Crippen LogP contribution is -2.30. The summed E-state index contributed by atoms with van der Waals surface area (Å²) in [7, 11) is 0. The van der Waals surface area contributed by atoms with Crippen molar-refractivity contribution in [1.82, 2.24) is 5.43 Å². The van der Waals surface area contributed by atoms with Gasteiger partial charge in [0, 0.05) is 16.5 Å². The third-order valence-electron chi connectivity index (χ3n) is 3.73. The van der Waals surface area contributed by atoms with Crippen LogP contribution in [0.5, 0.6) is 5.75 Å². The van der Waals surface area contributed by atoms with Crippen molar-refractivity contribution in [2.75, 3.05) is 6.61 Å². The molecule has 1 aliphatic rings. The minimum Gasteiger partial charge on any atom is -0.493 e. The molecule has 1 unspecified atom stereocenters. The van der Waals surface area contributed by atoms with Crippen molar-refractivity contribution in [1.29, 1.82) is 0 Å². The largest absolute Gasteiger partial charge is 0.493 e. The predicted octanol–water partition coefficient (Wildman–Crippen LogP) is 3.27. The lowest BCUT2D eigenvalue weighted by Gasteiger charge is -2.19. The van der Waals surface area contributed by atoms with Gasteiger partial charge < -0.3 is 4.74 Å². The van der Waals surface area contributed by atoms with Gasteiger partial charge in [0.25, 0.3) is 0 Å². The van der Waals surface area contributed by atoms with Crippen LogP contribution in [0.4, 0.5) is 4.39 Å². The molecule has 3 rings (SSSR count). The molecule has 0 aromatic heterocycles. The minimum atomic E-state index is -0.297. The quantitative estimate of drug-likeness (QED) is 0.657. The summed E-state index contributed by atoms with van der Waals surface area (Å²) in [5.41, 5.74) is 5.48. The van der Waals surface area contributed by atoms with Crippen LogP contribution in [0.1, 0.15) is 22.7 Å². The van der Waals surface area contributed by atoms with Gasteiger partial charge in [0.1, 0.15) is 11.6 Å². The monoisotopic (exact) mass is 350 g/mol. The zero-order valence-electron chi connectivity index (χ0n) is 11.4. The molecule has 1 aliphatic heterocycles. The molecule has 0 saturated carbocycles. The summed E-state index contributed by atoms with van der Waals surface area (Å²) in [6.07, 6.45) is 1.47. The highest BCUT2D eigenvalue weighted by atomic mass is 79.9. The Bertz CT molecular complexity index is 663. The molecular weight excluding hydrogens is 335 g/mol. The lowest BCUT2D eigenvalue weighted by atomic mass is 9.97. The van der Waals surface area contributed by atoms with Crippen LogP contribution in [0.25, 0.3) is 0 Å². The van der Waals surface area contributed by atoms with Gasteiger partial charge in [0.05, 0.1) is 12.6 Å². The van der Waals surface area contributed by atoms with Gasteiger partial charge in [-0.3, -0.25) is 11.3 Å². The molecule has 1 heterocycles. The fourth-order valence-corrected chi connectivity index (χ4v) is 3.29. The van der Waals surface area contributed by atoms with E-state index >= 15 is 0 Å². The van der Waals surface area contributed by atoms with Gasteiger partial charge in [0.2, 0.25) is 0 Å². The SMILES string of the molecule is NNC(Cc1cc(Br)cc2c1OCC2)c1ccccc1F. The van der Waals surface area contributed by atoms with E-state index in [0.717, 1.165) is 22.2 Å². The molecule has 21 heavy (non-hydrogen) atoms. The molecule has 5 heteroatoms. The number of rotatable bonds is 4. The number of benzene rings is 2. The fraction of sp³-hybridized carbons (Fsp3) is 0.250. The first kappa shape index (κ1) is 14.5. The van der Waals surface area contributed by atoms with Gasteiger partial charge in [-0.15, -0.1) is 0 Å². The Kier molecular flexibility index (Phi) is 4.24. The average Bonchev–Trinajstić information content (AvgIpc) is 2.93. The van der Waals surface area contributed by atoms with Gasteiger partial charge in [-0.2, -0.15) is 0 Å². The van der Waals surface area contributed by atoms with Crippen LogP contribution in [-0.2, 0) is 12.8 Å². The van der Waals surface area contributed by atoms with Crippen LogP contribution >= 0.6 is 15.9 Å². The maximum Gasteiger partial charge on any atom is 0.128 e. The van der Waals surface area contributed by atoms with Gasteiger partial charge in [0.15, 0.2) is 0 Å². The normalized spacial score (nSPS) is 14.6. The maximum atomic E-state index is 13.9. The molecule has 2 aromatic carbocycles. The maximum absolute atomic E-state index is 13.9. The first-order valence-electron chi connectivity index (χ1n) is 6.83. The van der Waals surface area contributed by atoms with E-state index in [1.807, 2.05) is 12.1 Å². The number of hydrogen-bond donors (Lipinski definition) is 2. The molecule has 0 amide bonds. The number of hydrazine groups is 1. The predicted molar refractivity (Wildman–Crippen MR) is 83.5 cm³/mol. The molecule has 0 spiro atoms. The van der Waals surface area contributed by atoms with Crippen LogP contribution in [0, 0.1) is 5.82 Å². The van der Waals surface area contributed by atoms with Gasteiger partial charge in [-0.05, 0) is 35.7 Å². The van der Waals surface area contributed by atoms with Crippen molar-refractivity contribution in [3.8, 4) is 5.75 Å². The van der Waals surface area contributed by atoms with Crippen LogP contribution in [0.15, 0.2) is 40.9 Å². The Morgan fingerprint density at radius 3 is 2.90 bits per heavy atom. The molecule has 0 aliphatic carbocycles. The van der Waals surface area contributed by atoms with E-state index in [1.165, 1.54) is 11.6 Å². The Morgan fingerprint density at radius 1 is 1.33 bits per heavy atom. The van der Waals surface area contributed by atoms with Crippen molar-refractivity contribution in [3.05, 3.63) is 63.4 Å². The molecule has 110 valence electrons. The Balaban J connectivity index is 1.94. The average molecular weight is 351 g/mol. The standard InChI is InChI=1S/C16H16BrFN2O/c17-12-7-10-5-6-21-16(10)11(8-12)9-15(20-19)13-3-1-2-4-14(13)18/h1-4,7-8,15,20H,5-6,9,19H2. The van der Waals surface area contributed by atoms with E-state index in [9.17, 15) is 4.39 Å². The molecule has 2 aromatic rings. The summed E-state index contributed by atoms with van der Waals surface area (Å²) in [5.74, 6) is 6.29. The van der Waals surface area contributed by atoms with Crippen molar-refractivity contribution < 1.29 is 9.13 Å². The zero-order chi connectivity index (χ0) is 14.8. The van der Waals surface area contributed by atoms with Crippen LogP contribution in [-0.4, -0.2) is 6.61 Å². The molecule has 3 nitrogen and oxygen atoms in total. The molecule has 0 saturated heterocycles. The third-order valence-corrected chi connectivity index (χ3v) is 4.19. The number of hydrogen-bond acceptors (Lipinski definition) is 3. The summed E-state index contributed by atoms with van der Waals surface area (Å²) >= 11 is 3.52. The summed E-state index contributed by atoms with van der Waals surface area (Å²) in [5, 5.41) is 0. The van der Waals surface area contributed by atoms with E-state index in [2.05, 4.69) is 27.4 Å². The van der Waals surface area contributed by atoms with Crippen LogP contribution in [0.2, 0.25) is 0 Å². The number of ether oxygens (including phenoxy) is 1. The van der Waals surface area contributed by atoms with Gasteiger partial charge >= 0.3 is 0 Å². The highest BCUT2D eigenvalue weighted by molar-refractivity contribution is 9.10. The van der Waals surface area contributed by atoms with E-state index in [0.29, 0.717) is 18.6 Å². The topological polar surface area (TPSA) is 47.3 Å². The Morgan fingerprint density at radius 2 is 2.14 bits per heavy atom. The number of halogens is 2. The highest BCUT2D eigenvalue weighted by Gasteiger charge is 2.21. The summed E-state index contributed by atoms with van der Waals surface area (Å²) in [6.45, 7) is 0.694. The van der Waals surface area contributed by atoms with Crippen LogP contribution < -0.4 is 16.0 Å². The number of nitrogens with two attached hydrogens (primary N) is 1. The highest BCUT2D eigenvalue weighted by Crippen LogP contribution is 2.35. The second kappa shape index (κ2) is 6.13. The fourth-order valence-electron chi connectivity index (χ4n) is 2.73. The second-order valence-electron chi connectivity index (χ2n) is 5.10. The first-order valence-corrected chi connectivity index (χ1v) is 7.63. The summed E-state index contributed by atoms with van der Waals surface area (Å²) in [6, 6.07) is 10.5. The first-order chi connectivity index (χ1) is 10.2. The Hall–Kier alpha value is -1.43. The van der Waals surface area contributed by atoms with Crippen molar-refractivity contribution in [2.45, 2.75) is 18.9 Å². The summed E-state index contributed by atoms with van der Waals surface area (Å²) < 4.78 is 20.7. The van der Waals surface area contributed by atoms with Crippen molar-refractivity contribution in [2.24, 2.45) is 5.84 Å². The molecular formula is C16H16BrFN2O. The van der Waals surface area contributed by atoms with Gasteiger partial charge in [-0.25, -0.2) is 4.39 Å². The summed E-state index contributed by atoms with van der Waals surface area (Å²) in [4.78, 5) is 0. The Labute approximate surface area is 131 Å². The van der Waals surface area contributed by atoms with Crippen molar-refractivity contribution in [3.63, 3.8) is 0 Å². The third kappa shape index (κ3) is 2.95. The number of nitrogens with one attached hydrogen (secondary N) is 1. The molecule has 0 fully saturated rings. The molecule has 0 radical (unpaired) electrons. The molecule has 1 atom stereocenters. The lowest BCUT2D eigenvalue weighted by molar-refractivity contribution is 0.351. The van der Waals surface area contributed by atoms with E-state index in [-0.39, 0.29) is 11.9 Å². The smallest absolute Gasteiger partial charge is 0.128 e. The second-order valence-corrected chi connectivity index (χ2v) is 6.01. The van der Waals surface area contributed by atoms with E-state index in [1.54, 1.807) is 12.1 Å². The minimum absolute atomic E-state index is 0.256. The van der Waals surface area contributed by atoms with Crippen molar-refractivity contribution >= 4 is 15.9 Å².